The molecule has 0 aliphatic rings. The minimum Gasteiger partial charge on any atom is -0.466 e. The molecule has 0 spiro atoms. The lowest BCUT2D eigenvalue weighted by Gasteiger charge is -2.18. The monoisotopic (exact) mass is 438 g/mol. The molecule has 0 aromatic heterocycles. The standard InChI is InChI=1S/C23H24N2O3S.C2H6/c1-2-28-23(26)16-22(17-8-4-3-5-9-17)25-29(27)21-13-7-11-19(15-21)18-10-6-12-20(24)14-18;1-2/h3-15,22,25H,2,16,24H2,1H3;1-2H3. The second-order valence-corrected chi connectivity index (χ2v) is 7.76. The predicted octanol–water partition coefficient (Wildman–Crippen LogP) is 5.27. The largest absolute Gasteiger partial charge is 0.466 e. The minimum absolute atomic E-state index is 0.0957. The summed E-state index contributed by atoms with van der Waals surface area (Å²) >= 11 is 0. The summed E-state index contributed by atoms with van der Waals surface area (Å²) in [6, 6.07) is 24.1. The highest BCUT2D eigenvalue weighted by atomic mass is 32.2. The Kier molecular flexibility index (Phi) is 9.94. The van der Waals surface area contributed by atoms with Gasteiger partial charge >= 0.3 is 5.97 Å². The van der Waals surface area contributed by atoms with E-state index >= 15 is 0 Å². The molecule has 3 N–H and O–H groups in total. The predicted molar refractivity (Wildman–Crippen MR) is 128 cm³/mol. The van der Waals surface area contributed by atoms with Crippen molar-refractivity contribution in [3.63, 3.8) is 0 Å². The van der Waals surface area contributed by atoms with Crippen LogP contribution >= 0.6 is 0 Å². The zero-order valence-electron chi connectivity index (χ0n) is 18.2. The number of rotatable bonds is 8. The van der Waals surface area contributed by atoms with Crippen LogP contribution in [0.3, 0.4) is 0 Å². The number of esters is 1. The first-order chi connectivity index (χ1) is 15.1. The van der Waals surface area contributed by atoms with E-state index in [-0.39, 0.29) is 12.4 Å². The van der Waals surface area contributed by atoms with Crippen molar-refractivity contribution in [1.29, 1.82) is 0 Å². The average Bonchev–Trinajstić information content (AvgIpc) is 2.81. The number of nitrogen functional groups attached to an aromatic ring is 1. The summed E-state index contributed by atoms with van der Waals surface area (Å²) < 4.78 is 21.2. The Labute approximate surface area is 187 Å². The van der Waals surface area contributed by atoms with Crippen LogP contribution in [0.2, 0.25) is 0 Å². The third-order valence-electron chi connectivity index (χ3n) is 4.40. The van der Waals surface area contributed by atoms with Crippen molar-refractivity contribution in [2.75, 3.05) is 12.3 Å². The maximum atomic E-state index is 13.0. The minimum atomic E-state index is -1.51. The van der Waals surface area contributed by atoms with E-state index in [1.165, 1.54) is 0 Å². The van der Waals surface area contributed by atoms with E-state index in [9.17, 15) is 9.00 Å². The van der Waals surface area contributed by atoms with E-state index in [4.69, 9.17) is 10.5 Å². The van der Waals surface area contributed by atoms with Gasteiger partial charge in [-0.25, -0.2) is 8.93 Å². The van der Waals surface area contributed by atoms with Crippen LogP contribution in [-0.2, 0) is 20.5 Å². The average molecular weight is 439 g/mol. The van der Waals surface area contributed by atoms with Gasteiger partial charge in [0.2, 0.25) is 0 Å². The highest BCUT2D eigenvalue weighted by molar-refractivity contribution is 7.83. The molecule has 31 heavy (non-hydrogen) atoms. The quantitative estimate of drug-likeness (QED) is 0.371. The molecular weight excluding hydrogens is 408 g/mol. The van der Waals surface area contributed by atoms with E-state index < -0.39 is 17.0 Å². The number of anilines is 1. The summed E-state index contributed by atoms with van der Waals surface area (Å²) in [6.45, 7) is 6.08. The number of nitrogens with two attached hydrogens (primary N) is 1. The molecule has 6 heteroatoms. The second-order valence-electron chi connectivity index (χ2n) is 6.51. The van der Waals surface area contributed by atoms with Crippen molar-refractivity contribution in [2.45, 2.75) is 38.1 Å². The van der Waals surface area contributed by atoms with Crippen molar-refractivity contribution < 1.29 is 13.7 Å². The second kappa shape index (κ2) is 12.7. The first-order valence-electron chi connectivity index (χ1n) is 10.4. The Balaban J connectivity index is 0.00000166. The van der Waals surface area contributed by atoms with Gasteiger partial charge in [-0.1, -0.05) is 68.4 Å². The molecular formula is C25H30N2O3S. The lowest BCUT2D eigenvalue weighted by atomic mass is 10.1. The number of nitrogens with one attached hydrogen (secondary N) is 1. The van der Waals surface area contributed by atoms with Gasteiger partial charge in [0.05, 0.1) is 24.0 Å². The SMILES string of the molecule is CC.CCOC(=O)CC(NS(=O)c1cccc(-c2cccc(N)c2)c1)c1ccccc1. The van der Waals surface area contributed by atoms with Crippen molar-refractivity contribution in [1.82, 2.24) is 4.72 Å². The lowest BCUT2D eigenvalue weighted by Crippen LogP contribution is -2.26. The highest BCUT2D eigenvalue weighted by Gasteiger charge is 2.20. The fraction of sp³-hybridized carbons (Fsp3) is 0.240. The van der Waals surface area contributed by atoms with Gasteiger partial charge in [0.15, 0.2) is 0 Å². The molecule has 3 aromatic rings. The summed E-state index contributed by atoms with van der Waals surface area (Å²) in [4.78, 5) is 12.7. The number of hydrogen-bond donors (Lipinski definition) is 2. The molecule has 0 saturated heterocycles. The van der Waals surface area contributed by atoms with E-state index in [0.717, 1.165) is 16.7 Å². The van der Waals surface area contributed by atoms with Crippen LogP contribution in [0.25, 0.3) is 11.1 Å². The first kappa shape index (κ1) is 24.3. The maximum Gasteiger partial charge on any atom is 0.307 e. The van der Waals surface area contributed by atoms with Gasteiger partial charge < -0.3 is 10.5 Å². The summed E-state index contributed by atoms with van der Waals surface area (Å²) in [7, 11) is -1.51. The number of carbonyl (C=O) groups is 1. The zero-order valence-corrected chi connectivity index (χ0v) is 19.0. The molecule has 0 heterocycles. The van der Waals surface area contributed by atoms with Crippen LogP contribution in [0, 0.1) is 0 Å². The molecule has 0 amide bonds. The van der Waals surface area contributed by atoms with Gasteiger partial charge in [0.1, 0.15) is 11.0 Å². The van der Waals surface area contributed by atoms with E-state index in [1.807, 2.05) is 86.6 Å². The van der Waals surface area contributed by atoms with Crippen molar-refractivity contribution >= 4 is 22.6 Å². The summed E-state index contributed by atoms with van der Waals surface area (Å²) in [5.41, 5.74) is 9.30. The van der Waals surface area contributed by atoms with Gasteiger partial charge in [-0.2, -0.15) is 0 Å². The van der Waals surface area contributed by atoms with Crippen molar-refractivity contribution in [3.8, 4) is 11.1 Å². The topological polar surface area (TPSA) is 81.4 Å². The lowest BCUT2D eigenvalue weighted by molar-refractivity contribution is -0.143. The van der Waals surface area contributed by atoms with E-state index in [2.05, 4.69) is 4.72 Å². The van der Waals surface area contributed by atoms with Crippen molar-refractivity contribution in [2.24, 2.45) is 0 Å². The molecule has 3 rings (SSSR count). The van der Waals surface area contributed by atoms with E-state index in [0.29, 0.717) is 17.2 Å². The van der Waals surface area contributed by atoms with Crippen LogP contribution in [0.1, 0.15) is 38.8 Å². The summed E-state index contributed by atoms with van der Waals surface area (Å²) in [5, 5.41) is 0. The van der Waals surface area contributed by atoms with Gasteiger partial charge in [-0.3, -0.25) is 4.79 Å². The van der Waals surface area contributed by atoms with Crippen LogP contribution in [0.4, 0.5) is 5.69 Å². The normalized spacial score (nSPS) is 12.2. The molecule has 2 unspecified atom stereocenters. The summed E-state index contributed by atoms with van der Waals surface area (Å²) in [6.07, 6.45) is 0.0957. The molecule has 164 valence electrons. The molecule has 0 saturated carbocycles. The number of carbonyl (C=O) groups excluding carboxylic acids is 1. The number of hydrogen-bond acceptors (Lipinski definition) is 4. The van der Waals surface area contributed by atoms with Gasteiger partial charge in [-0.05, 0) is 47.9 Å². The van der Waals surface area contributed by atoms with Gasteiger partial charge in [-0.15, -0.1) is 0 Å². The molecule has 2 atom stereocenters. The van der Waals surface area contributed by atoms with Crippen LogP contribution in [0.5, 0.6) is 0 Å². The van der Waals surface area contributed by atoms with Gasteiger partial charge in [0.25, 0.3) is 0 Å². The van der Waals surface area contributed by atoms with Crippen LogP contribution in [0.15, 0.2) is 83.8 Å². The smallest absolute Gasteiger partial charge is 0.307 e. The van der Waals surface area contributed by atoms with Crippen LogP contribution < -0.4 is 10.5 Å². The Morgan fingerprint density at radius 1 is 0.968 bits per heavy atom. The molecule has 0 radical (unpaired) electrons. The summed E-state index contributed by atoms with van der Waals surface area (Å²) in [5.74, 6) is -0.334. The molecule has 0 aliphatic heterocycles. The highest BCUT2D eigenvalue weighted by Crippen LogP contribution is 2.25. The molecule has 0 fully saturated rings. The zero-order chi connectivity index (χ0) is 22.6. The maximum absolute atomic E-state index is 13.0. The fourth-order valence-electron chi connectivity index (χ4n) is 3.01. The van der Waals surface area contributed by atoms with Gasteiger partial charge in [0, 0.05) is 5.69 Å². The first-order valence-corrected chi connectivity index (χ1v) is 11.6. The number of ether oxygens (including phenoxy) is 1. The Morgan fingerprint density at radius 2 is 1.61 bits per heavy atom. The molecule has 0 aliphatic carbocycles. The Bertz CT molecular complexity index is 993. The number of benzene rings is 3. The van der Waals surface area contributed by atoms with Crippen LogP contribution in [-0.4, -0.2) is 16.8 Å². The Morgan fingerprint density at radius 3 is 2.26 bits per heavy atom. The molecule has 3 aromatic carbocycles. The molecule has 0 bridgehead atoms. The Hall–Kier alpha value is -2.96. The third kappa shape index (κ3) is 7.35. The fourth-order valence-corrected chi connectivity index (χ4v) is 4.06. The van der Waals surface area contributed by atoms with Crippen molar-refractivity contribution in [3.05, 3.63) is 84.4 Å². The van der Waals surface area contributed by atoms with E-state index in [1.54, 1.807) is 13.0 Å². The third-order valence-corrected chi connectivity index (χ3v) is 5.58. The molecule has 5 nitrogen and oxygen atoms in total.